The van der Waals surface area contributed by atoms with Crippen LogP contribution < -0.4 is 4.90 Å². The molecule has 0 unspecified atom stereocenters. The third-order valence-electron chi connectivity index (χ3n) is 5.14. The molecule has 3 aromatic rings. The van der Waals surface area contributed by atoms with Gasteiger partial charge < -0.3 is 9.64 Å². The van der Waals surface area contributed by atoms with E-state index in [0.29, 0.717) is 6.54 Å². The summed E-state index contributed by atoms with van der Waals surface area (Å²) in [6.07, 6.45) is 0. The highest BCUT2D eigenvalue weighted by Crippen LogP contribution is 2.39. The fourth-order valence-electron chi connectivity index (χ4n) is 3.89. The Morgan fingerprint density at radius 2 is 1.70 bits per heavy atom. The van der Waals surface area contributed by atoms with Gasteiger partial charge in [0.2, 0.25) is 5.91 Å². The van der Waals surface area contributed by atoms with Crippen molar-refractivity contribution in [1.29, 1.82) is 0 Å². The molecule has 0 aromatic heterocycles. The molecule has 4 nitrogen and oxygen atoms in total. The van der Waals surface area contributed by atoms with Crippen molar-refractivity contribution >= 4 is 28.3 Å². The number of esters is 1. The molecular weight excluding hydrogens is 338 g/mol. The predicted molar refractivity (Wildman–Crippen MR) is 106 cm³/mol. The number of anilines is 1. The number of amides is 1. The minimum atomic E-state index is -0.814. The Bertz CT molecular complexity index is 978. The molecule has 2 atom stereocenters. The summed E-state index contributed by atoms with van der Waals surface area (Å²) < 4.78 is 5.23. The van der Waals surface area contributed by atoms with Gasteiger partial charge in [-0.2, -0.15) is 0 Å². The Labute approximate surface area is 158 Å². The first-order valence-electron chi connectivity index (χ1n) is 9.21. The Kier molecular flexibility index (Phi) is 4.63. The van der Waals surface area contributed by atoms with E-state index in [-0.39, 0.29) is 18.4 Å². The van der Waals surface area contributed by atoms with Gasteiger partial charge in [-0.3, -0.25) is 9.59 Å². The number of fused-ring (bicyclic) bond motifs is 1. The molecule has 0 spiro atoms. The monoisotopic (exact) mass is 359 g/mol. The maximum Gasteiger partial charge on any atom is 0.319 e. The fraction of sp³-hybridized carbons (Fsp3) is 0.217. The number of ether oxygens (including phenoxy) is 1. The molecule has 3 aromatic carbocycles. The average molecular weight is 359 g/mol. The van der Waals surface area contributed by atoms with E-state index in [9.17, 15) is 9.59 Å². The van der Waals surface area contributed by atoms with E-state index >= 15 is 0 Å². The molecule has 1 aliphatic rings. The van der Waals surface area contributed by atoms with Crippen LogP contribution in [0.4, 0.5) is 5.69 Å². The van der Waals surface area contributed by atoms with Crippen LogP contribution in [0, 0.1) is 5.92 Å². The van der Waals surface area contributed by atoms with E-state index in [1.165, 1.54) is 0 Å². The zero-order valence-electron chi connectivity index (χ0n) is 15.2. The summed E-state index contributed by atoms with van der Waals surface area (Å²) in [6, 6.07) is 23.6. The topological polar surface area (TPSA) is 46.6 Å². The fourth-order valence-corrected chi connectivity index (χ4v) is 3.89. The quantitative estimate of drug-likeness (QED) is 0.519. The minimum Gasteiger partial charge on any atom is -0.465 e. The first-order chi connectivity index (χ1) is 13.2. The van der Waals surface area contributed by atoms with Gasteiger partial charge in [0.25, 0.3) is 0 Å². The van der Waals surface area contributed by atoms with Crippen molar-refractivity contribution in [2.75, 3.05) is 18.1 Å². The number of carbonyl (C=O) groups is 2. The number of benzene rings is 3. The second-order valence-corrected chi connectivity index (χ2v) is 6.69. The largest absolute Gasteiger partial charge is 0.465 e. The molecule has 4 rings (SSSR count). The van der Waals surface area contributed by atoms with Gasteiger partial charge in [0.05, 0.1) is 12.3 Å². The zero-order chi connectivity index (χ0) is 18.8. The van der Waals surface area contributed by atoms with E-state index in [2.05, 4.69) is 0 Å². The van der Waals surface area contributed by atoms with Gasteiger partial charge >= 0.3 is 5.97 Å². The van der Waals surface area contributed by atoms with E-state index in [1.807, 2.05) is 72.8 Å². The molecule has 0 bridgehead atoms. The maximum atomic E-state index is 13.3. The van der Waals surface area contributed by atoms with Crippen molar-refractivity contribution in [3.8, 4) is 0 Å². The first kappa shape index (κ1) is 17.3. The van der Waals surface area contributed by atoms with E-state index < -0.39 is 11.9 Å². The minimum absolute atomic E-state index is 0.196. The molecule has 1 aliphatic heterocycles. The van der Waals surface area contributed by atoms with Crippen LogP contribution in [0.1, 0.15) is 18.4 Å². The van der Waals surface area contributed by atoms with Gasteiger partial charge in [-0.05, 0) is 23.9 Å². The Morgan fingerprint density at radius 3 is 2.48 bits per heavy atom. The molecular formula is C23H21NO3. The smallest absolute Gasteiger partial charge is 0.319 e. The lowest BCUT2D eigenvalue weighted by Crippen LogP contribution is -2.31. The lowest BCUT2D eigenvalue weighted by Gasteiger charge is -2.19. The standard InChI is InChI=1S/C23H21NO3/c1-2-27-23(26)21-19(17-9-4-3-5-10-17)15-24(22(21)25)20-14-8-12-16-11-6-7-13-18(16)20/h3-14,19,21H,2,15H2,1H3/t19-,21-/m1/s1. The molecule has 0 radical (unpaired) electrons. The highest BCUT2D eigenvalue weighted by Gasteiger charge is 2.47. The second kappa shape index (κ2) is 7.23. The molecule has 27 heavy (non-hydrogen) atoms. The van der Waals surface area contributed by atoms with Gasteiger partial charge in [-0.15, -0.1) is 0 Å². The van der Waals surface area contributed by atoms with Crippen LogP contribution in [0.5, 0.6) is 0 Å². The summed E-state index contributed by atoms with van der Waals surface area (Å²) in [5.41, 5.74) is 1.82. The van der Waals surface area contributed by atoms with Crippen molar-refractivity contribution in [2.45, 2.75) is 12.8 Å². The maximum absolute atomic E-state index is 13.3. The van der Waals surface area contributed by atoms with Crippen LogP contribution in [-0.2, 0) is 14.3 Å². The highest BCUT2D eigenvalue weighted by molar-refractivity contribution is 6.13. The predicted octanol–water partition coefficient (Wildman–Crippen LogP) is 4.15. The Hall–Kier alpha value is -3.14. The lowest BCUT2D eigenvalue weighted by molar-refractivity contribution is -0.150. The molecule has 1 heterocycles. The summed E-state index contributed by atoms with van der Waals surface area (Å²) in [5, 5.41) is 2.07. The molecule has 0 aliphatic carbocycles. The molecule has 4 heteroatoms. The summed E-state index contributed by atoms with van der Waals surface area (Å²) >= 11 is 0. The van der Waals surface area contributed by atoms with Gasteiger partial charge in [0.1, 0.15) is 5.92 Å². The van der Waals surface area contributed by atoms with Crippen molar-refractivity contribution in [1.82, 2.24) is 0 Å². The summed E-state index contributed by atoms with van der Waals surface area (Å²) in [6.45, 7) is 2.48. The van der Waals surface area contributed by atoms with E-state index in [4.69, 9.17) is 4.74 Å². The number of hydrogen-bond acceptors (Lipinski definition) is 3. The van der Waals surface area contributed by atoms with Gasteiger partial charge in [-0.1, -0.05) is 66.7 Å². The van der Waals surface area contributed by atoms with Crippen molar-refractivity contribution in [3.05, 3.63) is 78.4 Å². The van der Waals surface area contributed by atoms with Gasteiger partial charge in [0, 0.05) is 17.8 Å². The lowest BCUT2D eigenvalue weighted by atomic mass is 9.89. The van der Waals surface area contributed by atoms with E-state index in [1.54, 1.807) is 11.8 Å². The third-order valence-corrected chi connectivity index (χ3v) is 5.14. The number of nitrogens with zero attached hydrogens (tertiary/aromatic N) is 1. The number of hydrogen-bond donors (Lipinski definition) is 0. The molecule has 1 amide bonds. The van der Waals surface area contributed by atoms with Crippen LogP contribution in [0.15, 0.2) is 72.8 Å². The van der Waals surface area contributed by atoms with Crippen LogP contribution >= 0.6 is 0 Å². The second-order valence-electron chi connectivity index (χ2n) is 6.69. The normalized spacial score (nSPS) is 19.4. The molecule has 136 valence electrons. The van der Waals surface area contributed by atoms with Crippen LogP contribution in [-0.4, -0.2) is 25.0 Å². The summed E-state index contributed by atoms with van der Waals surface area (Å²) in [5.74, 6) is -1.68. The van der Waals surface area contributed by atoms with Crippen LogP contribution in [0.3, 0.4) is 0 Å². The third kappa shape index (κ3) is 3.08. The van der Waals surface area contributed by atoms with Crippen LogP contribution in [0.2, 0.25) is 0 Å². The SMILES string of the molecule is CCOC(=O)[C@H]1C(=O)N(c2cccc3ccccc23)C[C@@H]1c1ccccc1. The van der Waals surface area contributed by atoms with Gasteiger partial charge in [0.15, 0.2) is 0 Å². The average Bonchev–Trinajstić information content (AvgIpc) is 3.05. The summed E-state index contributed by atoms with van der Waals surface area (Å²) in [7, 11) is 0. The first-order valence-corrected chi connectivity index (χ1v) is 9.21. The Balaban J connectivity index is 1.79. The zero-order valence-corrected chi connectivity index (χ0v) is 15.2. The van der Waals surface area contributed by atoms with Crippen LogP contribution in [0.25, 0.3) is 10.8 Å². The highest BCUT2D eigenvalue weighted by atomic mass is 16.5. The Morgan fingerprint density at radius 1 is 1.00 bits per heavy atom. The van der Waals surface area contributed by atoms with Gasteiger partial charge in [-0.25, -0.2) is 0 Å². The number of rotatable bonds is 4. The molecule has 0 N–H and O–H groups in total. The van der Waals surface area contributed by atoms with Crippen molar-refractivity contribution < 1.29 is 14.3 Å². The number of carbonyl (C=O) groups excluding carboxylic acids is 2. The molecule has 1 saturated heterocycles. The van der Waals surface area contributed by atoms with Crippen molar-refractivity contribution in [3.63, 3.8) is 0 Å². The molecule has 0 saturated carbocycles. The van der Waals surface area contributed by atoms with Crippen molar-refractivity contribution in [2.24, 2.45) is 5.92 Å². The van der Waals surface area contributed by atoms with E-state index in [0.717, 1.165) is 22.0 Å². The molecule has 1 fully saturated rings. The summed E-state index contributed by atoms with van der Waals surface area (Å²) in [4.78, 5) is 27.6.